The molecule has 5 nitrogen and oxygen atoms in total. The van der Waals surface area contributed by atoms with E-state index in [4.69, 9.17) is 14.2 Å². The molecule has 0 radical (unpaired) electrons. The van der Waals surface area contributed by atoms with Gasteiger partial charge in [-0.05, 0) is 59.4 Å². The number of phenols is 1. The second kappa shape index (κ2) is 5.99. The average Bonchev–Trinajstić information content (AvgIpc) is 2.94. The van der Waals surface area contributed by atoms with Crippen molar-refractivity contribution in [3.63, 3.8) is 0 Å². The molecule has 2 aromatic rings. The van der Waals surface area contributed by atoms with Gasteiger partial charge in [0, 0.05) is 5.92 Å². The van der Waals surface area contributed by atoms with Crippen LogP contribution in [0.5, 0.6) is 17.2 Å². The Bertz CT molecular complexity index is 842. The number of cyclic esters (lactones) is 1. The molecule has 0 saturated carbocycles. The number of carbonyl (C=O) groups excluding carboxylic acids is 1. The Balaban J connectivity index is 1.95. The number of carbonyl (C=O) groups is 1. The average molecular weight is 340 g/mol. The second-order valence-corrected chi connectivity index (χ2v) is 6.61. The summed E-state index contributed by atoms with van der Waals surface area (Å²) in [5, 5.41) is 10.00. The van der Waals surface area contributed by atoms with Crippen molar-refractivity contribution >= 4 is 5.97 Å². The zero-order valence-electron chi connectivity index (χ0n) is 14.2. The zero-order valence-corrected chi connectivity index (χ0v) is 14.2. The standard InChI is InChI=1S/C20H20O5/c1-23-18-7-12-5-13-10-25-20(22)17(13)6-11-3-4-14(21)8-15(11)16(12)9-19(18)24-2/h3-4,7-9,13,17,21H,5-6,10H2,1-2H3/t13-,17+/m0/s1. The van der Waals surface area contributed by atoms with Crippen molar-refractivity contribution in [2.24, 2.45) is 11.8 Å². The molecular formula is C20H20O5. The van der Waals surface area contributed by atoms with Crippen molar-refractivity contribution in [1.82, 2.24) is 0 Å². The summed E-state index contributed by atoms with van der Waals surface area (Å²) in [6.45, 7) is 0.449. The van der Waals surface area contributed by atoms with Gasteiger partial charge >= 0.3 is 5.97 Å². The first-order valence-corrected chi connectivity index (χ1v) is 8.34. The Kier molecular flexibility index (Phi) is 3.79. The van der Waals surface area contributed by atoms with Gasteiger partial charge < -0.3 is 19.3 Å². The number of aromatic hydroxyl groups is 1. The summed E-state index contributed by atoms with van der Waals surface area (Å²) >= 11 is 0. The maximum atomic E-state index is 12.2. The van der Waals surface area contributed by atoms with Crippen molar-refractivity contribution in [3.8, 4) is 28.4 Å². The van der Waals surface area contributed by atoms with E-state index in [1.807, 2.05) is 18.2 Å². The van der Waals surface area contributed by atoms with Gasteiger partial charge in [-0.25, -0.2) is 0 Å². The molecule has 1 N–H and O–H groups in total. The molecule has 130 valence electrons. The van der Waals surface area contributed by atoms with Crippen molar-refractivity contribution in [3.05, 3.63) is 41.5 Å². The van der Waals surface area contributed by atoms with Crippen LogP contribution in [-0.2, 0) is 22.4 Å². The SMILES string of the molecule is COc1cc2c(cc1OC)-c1cc(O)ccc1C[C@H]1C(=O)OC[C@@H]1C2. The topological polar surface area (TPSA) is 65.0 Å². The minimum atomic E-state index is -0.149. The molecule has 1 heterocycles. The van der Waals surface area contributed by atoms with E-state index in [0.29, 0.717) is 24.5 Å². The summed E-state index contributed by atoms with van der Waals surface area (Å²) in [5.74, 6) is 1.37. The fourth-order valence-corrected chi connectivity index (χ4v) is 3.91. The van der Waals surface area contributed by atoms with Crippen LogP contribution in [0.15, 0.2) is 30.3 Å². The monoisotopic (exact) mass is 340 g/mol. The van der Waals surface area contributed by atoms with E-state index in [0.717, 1.165) is 28.7 Å². The third kappa shape index (κ3) is 2.60. The van der Waals surface area contributed by atoms with Crippen LogP contribution in [0.25, 0.3) is 11.1 Å². The number of hydrogen-bond donors (Lipinski definition) is 1. The van der Waals surface area contributed by atoms with Crippen LogP contribution in [0, 0.1) is 11.8 Å². The van der Waals surface area contributed by atoms with Crippen molar-refractivity contribution < 1.29 is 24.1 Å². The van der Waals surface area contributed by atoms with Gasteiger partial charge in [0.2, 0.25) is 0 Å². The predicted molar refractivity (Wildman–Crippen MR) is 92.0 cm³/mol. The fraction of sp³-hybridized carbons (Fsp3) is 0.350. The Morgan fingerprint density at radius 2 is 1.72 bits per heavy atom. The Hall–Kier alpha value is -2.69. The first kappa shape index (κ1) is 15.8. The van der Waals surface area contributed by atoms with E-state index < -0.39 is 0 Å². The lowest BCUT2D eigenvalue weighted by Crippen LogP contribution is -2.23. The third-order valence-electron chi connectivity index (χ3n) is 5.23. The first-order valence-electron chi connectivity index (χ1n) is 8.34. The molecule has 2 aliphatic rings. The van der Waals surface area contributed by atoms with Gasteiger partial charge in [0.1, 0.15) is 5.75 Å². The molecule has 1 fully saturated rings. The van der Waals surface area contributed by atoms with E-state index in [2.05, 4.69) is 0 Å². The quantitative estimate of drug-likeness (QED) is 0.852. The molecule has 25 heavy (non-hydrogen) atoms. The molecule has 5 heteroatoms. The summed E-state index contributed by atoms with van der Waals surface area (Å²) in [6, 6.07) is 9.22. The molecule has 1 aliphatic heterocycles. The highest BCUT2D eigenvalue weighted by Crippen LogP contribution is 2.43. The van der Waals surface area contributed by atoms with Crippen LogP contribution in [0.2, 0.25) is 0 Å². The lowest BCUT2D eigenvalue weighted by Gasteiger charge is -2.25. The van der Waals surface area contributed by atoms with Gasteiger partial charge in [-0.1, -0.05) is 6.07 Å². The molecule has 1 aliphatic carbocycles. The maximum Gasteiger partial charge on any atom is 0.309 e. The lowest BCUT2D eigenvalue weighted by atomic mass is 9.78. The third-order valence-corrected chi connectivity index (χ3v) is 5.23. The smallest absolute Gasteiger partial charge is 0.309 e. The van der Waals surface area contributed by atoms with Crippen molar-refractivity contribution in [1.29, 1.82) is 0 Å². The number of fused-ring (bicyclic) bond motifs is 4. The van der Waals surface area contributed by atoms with Gasteiger partial charge in [-0.2, -0.15) is 0 Å². The summed E-state index contributed by atoms with van der Waals surface area (Å²) in [4.78, 5) is 12.2. The molecule has 0 amide bonds. The van der Waals surface area contributed by atoms with Gasteiger partial charge in [-0.15, -0.1) is 0 Å². The zero-order chi connectivity index (χ0) is 17.6. The molecule has 2 atom stereocenters. The lowest BCUT2D eigenvalue weighted by molar-refractivity contribution is -0.141. The first-order chi connectivity index (χ1) is 12.1. The van der Waals surface area contributed by atoms with Crippen LogP contribution in [0.3, 0.4) is 0 Å². The highest BCUT2D eigenvalue weighted by Gasteiger charge is 2.39. The maximum absolute atomic E-state index is 12.2. The summed E-state index contributed by atoms with van der Waals surface area (Å²) in [5.41, 5.74) is 4.02. The fourth-order valence-electron chi connectivity index (χ4n) is 3.91. The minimum absolute atomic E-state index is 0.132. The molecular weight excluding hydrogens is 320 g/mol. The van der Waals surface area contributed by atoms with E-state index in [9.17, 15) is 9.90 Å². The molecule has 4 rings (SSSR count). The number of methoxy groups -OCH3 is 2. The van der Waals surface area contributed by atoms with E-state index >= 15 is 0 Å². The van der Waals surface area contributed by atoms with Gasteiger partial charge in [0.15, 0.2) is 11.5 Å². The Morgan fingerprint density at radius 1 is 1.00 bits per heavy atom. The van der Waals surface area contributed by atoms with Gasteiger partial charge in [-0.3, -0.25) is 4.79 Å². The molecule has 0 aromatic heterocycles. The Morgan fingerprint density at radius 3 is 2.48 bits per heavy atom. The van der Waals surface area contributed by atoms with Crippen LogP contribution in [-0.4, -0.2) is 31.9 Å². The number of phenolic OH excluding ortho intramolecular Hbond substituents is 1. The number of esters is 1. The highest BCUT2D eigenvalue weighted by atomic mass is 16.5. The van der Waals surface area contributed by atoms with E-state index in [1.165, 1.54) is 0 Å². The molecule has 1 saturated heterocycles. The molecule has 0 unspecified atom stereocenters. The van der Waals surface area contributed by atoms with Crippen LogP contribution in [0.4, 0.5) is 0 Å². The normalized spacial score (nSPS) is 21.3. The minimum Gasteiger partial charge on any atom is -0.508 e. The summed E-state index contributed by atoms with van der Waals surface area (Å²) in [7, 11) is 3.22. The molecule has 0 bridgehead atoms. The molecule has 0 spiro atoms. The predicted octanol–water partition coefficient (Wildman–Crippen LogP) is 2.96. The van der Waals surface area contributed by atoms with Crippen LogP contribution >= 0.6 is 0 Å². The largest absolute Gasteiger partial charge is 0.508 e. The number of rotatable bonds is 2. The molecule has 2 aromatic carbocycles. The van der Waals surface area contributed by atoms with Crippen molar-refractivity contribution in [2.45, 2.75) is 12.8 Å². The van der Waals surface area contributed by atoms with Crippen molar-refractivity contribution in [2.75, 3.05) is 20.8 Å². The number of hydrogen-bond acceptors (Lipinski definition) is 5. The second-order valence-electron chi connectivity index (χ2n) is 6.61. The van der Waals surface area contributed by atoms with Gasteiger partial charge in [0.05, 0.1) is 26.7 Å². The number of ether oxygens (including phenoxy) is 3. The van der Waals surface area contributed by atoms with Gasteiger partial charge in [0.25, 0.3) is 0 Å². The number of benzene rings is 2. The highest BCUT2D eigenvalue weighted by molar-refractivity contribution is 5.79. The summed E-state index contributed by atoms with van der Waals surface area (Å²) in [6.07, 6.45) is 1.34. The van der Waals surface area contributed by atoms with Crippen LogP contribution in [0.1, 0.15) is 11.1 Å². The summed E-state index contributed by atoms with van der Waals surface area (Å²) < 4.78 is 16.2. The van der Waals surface area contributed by atoms with Crippen LogP contribution < -0.4 is 9.47 Å². The van der Waals surface area contributed by atoms with E-state index in [1.54, 1.807) is 26.4 Å². The van der Waals surface area contributed by atoms with E-state index in [-0.39, 0.29) is 23.6 Å². The Labute approximate surface area is 146 Å².